The molecule has 96 valence electrons. The first-order chi connectivity index (χ1) is 8.70. The number of aliphatic hydroxyl groups is 1. The molecule has 1 aromatic carbocycles. The number of aliphatic hydroxyl groups excluding tert-OH is 1. The highest BCUT2D eigenvalue weighted by Gasteiger charge is 2.20. The van der Waals surface area contributed by atoms with Gasteiger partial charge in [-0.15, -0.1) is 6.58 Å². The molecule has 2 N–H and O–H groups in total. The van der Waals surface area contributed by atoms with Crippen LogP contribution in [0.4, 0.5) is 0 Å². The van der Waals surface area contributed by atoms with Crippen molar-refractivity contribution in [2.24, 2.45) is 0 Å². The Balaban J connectivity index is 1.91. The Hall–Kier alpha value is -1.81. The van der Waals surface area contributed by atoms with Crippen molar-refractivity contribution in [1.82, 2.24) is 5.32 Å². The Morgan fingerprint density at radius 3 is 3.22 bits per heavy atom. The van der Waals surface area contributed by atoms with E-state index in [1.165, 1.54) is 0 Å². The number of carbonyl (C=O) groups excluding carboxylic acids is 1. The van der Waals surface area contributed by atoms with Crippen LogP contribution in [0.3, 0.4) is 0 Å². The van der Waals surface area contributed by atoms with Gasteiger partial charge in [-0.25, -0.2) is 0 Å². The minimum Gasteiger partial charge on any atom is -0.484 e. The van der Waals surface area contributed by atoms with Crippen LogP contribution in [0.2, 0.25) is 0 Å². The third-order valence-corrected chi connectivity index (χ3v) is 2.97. The molecule has 0 saturated heterocycles. The number of ether oxygens (including phenoxy) is 1. The summed E-state index contributed by atoms with van der Waals surface area (Å²) in [5, 5.41) is 12.3. The number of rotatable bonds is 5. The summed E-state index contributed by atoms with van der Waals surface area (Å²) >= 11 is 0. The SMILES string of the molecule is C=CCNC(=O)COc1ccc2c(c1)CC[C@@H]2O. The highest BCUT2D eigenvalue weighted by molar-refractivity contribution is 5.77. The fraction of sp³-hybridized carbons (Fsp3) is 0.357. The van der Waals surface area contributed by atoms with Crippen molar-refractivity contribution in [2.45, 2.75) is 18.9 Å². The lowest BCUT2D eigenvalue weighted by Crippen LogP contribution is -2.28. The third-order valence-electron chi connectivity index (χ3n) is 2.97. The average molecular weight is 247 g/mol. The monoisotopic (exact) mass is 247 g/mol. The largest absolute Gasteiger partial charge is 0.484 e. The van der Waals surface area contributed by atoms with Crippen molar-refractivity contribution in [1.29, 1.82) is 0 Å². The van der Waals surface area contributed by atoms with Crippen molar-refractivity contribution in [3.63, 3.8) is 0 Å². The first-order valence-electron chi connectivity index (χ1n) is 6.02. The lowest BCUT2D eigenvalue weighted by Gasteiger charge is -2.08. The highest BCUT2D eigenvalue weighted by Crippen LogP contribution is 2.33. The highest BCUT2D eigenvalue weighted by atomic mass is 16.5. The Kier molecular flexibility index (Phi) is 3.99. The summed E-state index contributed by atoms with van der Waals surface area (Å²) in [6.45, 7) is 3.96. The standard InChI is InChI=1S/C14H17NO3/c1-2-7-15-14(17)9-18-11-4-5-12-10(8-11)3-6-13(12)16/h2,4-5,8,13,16H,1,3,6-7,9H2,(H,15,17)/t13-/m0/s1. The van der Waals surface area contributed by atoms with Gasteiger partial charge in [0.1, 0.15) is 5.75 Å². The second-order valence-electron chi connectivity index (χ2n) is 4.30. The van der Waals surface area contributed by atoms with Crippen LogP contribution in [0.1, 0.15) is 23.7 Å². The topological polar surface area (TPSA) is 58.6 Å². The second kappa shape index (κ2) is 5.69. The summed E-state index contributed by atoms with van der Waals surface area (Å²) in [5.41, 5.74) is 2.07. The minimum absolute atomic E-state index is 0.00478. The Morgan fingerprint density at radius 2 is 2.44 bits per heavy atom. The van der Waals surface area contributed by atoms with Gasteiger partial charge in [0.15, 0.2) is 6.61 Å². The van der Waals surface area contributed by atoms with E-state index in [0.29, 0.717) is 12.3 Å². The van der Waals surface area contributed by atoms with E-state index in [1.54, 1.807) is 12.1 Å². The predicted molar refractivity (Wildman–Crippen MR) is 68.4 cm³/mol. The summed E-state index contributed by atoms with van der Waals surface area (Å²) in [5.74, 6) is 0.493. The molecule has 1 aliphatic carbocycles. The number of fused-ring (bicyclic) bond motifs is 1. The maximum atomic E-state index is 11.3. The van der Waals surface area contributed by atoms with E-state index in [-0.39, 0.29) is 18.6 Å². The van der Waals surface area contributed by atoms with E-state index in [4.69, 9.17) is 4.74 Å². The van der Waals surface area contributed by atoms with Crippen LogP contribution in [0.15, 0.2) is 30.9 Å². The van der Waals surface area contributed by atoms with Crippen LogP contribution >= 0.6 is 0 Å². The van der Waals surface area contributed by atoms with Crippen LogP contribution in [0, 0.1) is 0 Å². The molecular weight excluding hydrogens is 230 g/mol. The van der Waals surface area contributed by atoms with Gasteiger partial charge >= 0.3 is 0 Å². The molecule has 0 bridgehead atoms. The first kappa shape index (κ1) is 12.6. The molecule has 0 radical (unpaired) electrons. The molecule has 1 amide bonds. The van der Waals surface area contributed by atoms with Crippen molar-refractivity contribution < 1.29 is 14.6 Å². The number of hydrogen-bond donors (Lipinski definition) is 2. The molecule has 0 fully saturated rings. The van der Waals surface area contributed by atoms with Crippen molar-refractivity contribution in [3.8, 4) is 5.75 Å². The maximum Gasteiger partial charge on any atom is 0.258 e. The van der Waals surface area contributed by atoms with Gasteiger partial charge in [0.2, 0.25) is 0 Å². The Labute approximate surface area is 106 Å². The molecule has 0 heterocycles. The predicted octanol–water partition coefficient (Wildman–Crippen LogP) is 1.35. The van der Waals surface area contributed by atoms with Gasteiger partial charge in [0.25, 0.3) is 5.91 Å². The molecule has 1 atom stereocenters. The lowest BCUT2D eigenvalue weighted by atomic mass is 10.1. The number of benzene rings is 1. The van der Waals surface area contributed by atoms with Gasteiger partial charge in [-0.05, 0) is 36.1 Å². The molecule has 0 unspecified atom stereocenters. The smallest absolute Gasteiger partial charge is 0.258 e. The van der Waals surface area contributed by atoms with Gasteiger partial charge in [0.05, 0.1) is 6.10 Å². The molecule has 18 heavy (non-hydrogen) atoms. The molecule has 1 aromatic rings. The van der Waals surface area contributed by atoms with Crippen LogP contribution < -0.4 is 10.1 Å². The minimum atomic E-state index is -0.357. The molecule has 2 rings (SSSR count). The molecule has 0 spiro atoms. The number of carbonyl (C=O) groups is 1. The normalized spacial score (nSPS) is 17.1. The number of amides is 1. The van der Waals surface area contributed by atoms with Gasteiger partial charge in [0, 0.05) is 6.54 Å². The van der Waals surface area contributed by atoms with Crippen molar-refractivity contribution in [2.75, 3.05) is 13.2 Å². The molecule has 4 nitrogen and oxygen atoms in total. The van der Waals surface area contributed by atoms with Crippen LogP contribution in [-0.4, -0.2) is 24.2 Å². The van der Waals surface area contributed by atoms with Gasteiger partial charge in [-0.2, -0.15) is 0 Å². The zero-order valence-corrected chi connectivity index (χ0v) is 10.2. The van der Waals surface area contributed by atoms with E-state index in [9.17, 15) is 9.90 Å². The fourth-order valence-electron chi connectivity index (χ4n) is 2.05. The van der Waals surface area contributed by atoms with Gasteiger partial charge in [-0.1, -0.05) is 12.1 Å². The van der Waals surface area contributed by atoms with Crippen molar-refractivity contribution in [3.05, 3.63) is 42.0 Å². The van der Waals surface area contributed by atoms with E-state index in [2.05, 4.69) is 11.9 Å². The molecular formula is C14H17NO3. The lowest BCUT2D eigenvalue weighted by molar-refractivity contribution is -0.122. The molecule has 0 aromatic heterocycles. The van der Waals surface area contributed by atoms with Crippen LogP contribution in [0.5, 0.6) is 5.75 Å². The zero-order chi connectivity index (χ0) is 13.0. The summed E-state index contributed by atoms with van der Waals surface area (Å²) in [7, 11) is 0. The Bertz CT molecular complexity index is 456. The van der Waals surface area contributed by atoms with Crippen molar-refractivity contribution >= 4 is 5.91 Å². The average Bonchev–Trinajstić information content (AvgIpc) is 2.75. The summed E-state index contributed by atoms with van der Waals surface area (Å²) in [6.07, 6.45) is 2.88. The van der Waals surface area contributed by atoms with E-state index >= 15 is 0 Å². The summed E-state index contributed by atoms with van der Waals surface area (Å²) in [6, 6.07) is 5.55. The molecule has 0 saturated carbocycles. The van der Waals surface area contributed by atoms with E-state index < -0.39 is 0 Å². The number of nitrogens with one attached hydrogen (secondary N) is 1. The van der Waals surface area contributed by atoms with Gasteiger partial charge in [-0.3, -0.25) is 4.79 Å². The maximum absolute atomic E-state index is 11.3. The summed E-state index contributed by atoms with van der Waals surface area (Å²) < 4.78 is 5.40. The fourth-order valence-corrected chi connectivity index (χ4v) is 2.05. The quantitative estimate of drug-likeness (QED) is 0.772. The zero-order valence-electron chi connectivity index (χ0n) is 10.2. The van der Waals surface area contributed by atoms with Gasteiger partial charge < -0.3 is 15.2 Å². The summed E-state index contributed by atoms with van der Waals surface area (Å²) in [4.78, 5) is 11.3. The van der Waals surface area contributed by atoms with E-state index in [1.807, 2.05) is 12.1 Å². The molecule has 0 aliphatic heterocycles. The Morgan fingerprint density at radius 1 is 1.61 bits per heavy atom. The van der Waals surface area contributed by atoms with E-state index in [0.717, 1.165) is 24.0 Å². The first-order valence-corrected chi connectivity index (χ1v) is 6.02. The molecule has 4 heteroatoms. The second-order valence-corrected chi connectivity index (χ2v) is 4.30. The van der Waals surface area contributed by atoms with Crippen LogP contribution in [0.25, 0.3) is 0 Å². The van der Waals surface area contributed by atoms with Crippen LogP contribution in [-0.2, 0) is 11.2 Å². The number of hydrogen-bond acceptors (Lipinski definition) is 3. The third kappa shape index (κ3) is 2.90. The number of aryl methyl sites for hydroxylation is 1. The molecule has 1 aliphatic rings.